The Kier molecular flexibility index (Phi) is 5.35. The number of carbonyl (C=O) groups excluding carboxylic acids is 1. The molecular formula is C20H30N2O3. The molecule has 2 aliphatic rings. The van der Waals surface area contributed by atoms with Gasteiger partial charge in [0.05, 0.1) is 13.2 Å². The zero-order valence-electron chi connectivity index (χ0n) is 15.6. The third kappa shape index (κ3) is 4.33. The molecule has 2 saturated heterocycles. The van der Waals surface area contributed by atoms with Crippen molar-refractivity contribution in [3.63, 3.8) is 0 Å². The quantitative estimate of drug-likeness (QED) is 0.910. The van der Waals surface area contributed by atoms with Gasteiger partial charge >= 0.3 is 6.03 Å². The Morgan fingerprint density at radius 3 is 2.40 bits per heavy atom. The number of piperidine rings is 1. The summed E-state index contributed by atoms with van der Waals surface area (Å²) in [6.07, 6.45) is 2.40. The van der Waals surface area contributed by atoms with Crippen molar-refractivity contribution >= 4 is 6.03 Å². The summed E-state index contributed by atoms with van der Waals surface area (Å²) >= 11 is 0. The Morgan fingerprint density at radius 1 is 1.20 bits per heavy atom. The van der Waals surface area contributed by atoms with Crippen LogP contribution in [0.25, 0.3) is 0 Å². The molecule has 2 fully saturated rings. The smallest absolute Gasteiger partial charge is 0.317 e. The Balaban J connectivity index is 1.49. The van der Waals surface area contributed by atoms with Gasteiger partial charge in [0, 0.05) is 32.0 Å². The molecule has 25 heavy (non-hydrogen) atoms. The first-order valence-corrected chi connectivity index (χ1v) is 9.29. The van der Waals surface area contributed by atoms with E-state index in [1.807, 2.05) is 11.0 Å². The monoisotopic (exact) mass is 346 g/mol. The van der Waals surface area contributed by atoms with E-state index in [1.165, 1.54) is 5.56 Å². The van der Waals surface area contributed by atoms with Gasteiger partial charge in [0.25, 0.3) is 0 Å². The summed E-state index contributed by atoms with van der Waals surface area (Å²) in [6, 6.07) is 10.6. The molecule has 0 radical (unpaired) electrons. The van der Waals surface area contributed by atoms with E-state index in [0.29, 0.717) is 26.3 Å². The summed E-state index contributed by atoms with van der Waals surface area (Å²) in [4.78, 5) is 14.4. The third-order valence-electron chi connectivity index (χ3n) is 5.37. The molecule has 5 nitrogen and oxygen atoms in total. The Morgan fingerprint density at radius 2 is 1.80 bits per heavy atom. The first-order chi connectivity index (χ1) is 11.9. The van der Waals surface area contributed by atoms with Crippen LogP contribution < -0.4 is 5.32 Å². The van der Waals surface area contributed by atoms with E-state index in [2.05, 4.69) is 50.4 Å². The fourth-order valence-corrected chi connectivity index (χ4v) is 3.96. The molecule has 2 aliphatic heterocycles. The number of nitrogens with zero attached hydrogens (tertiary/aromatic N) is 1. The fourth-order valence-electron chi connectivity index (χ4n) is 3.96. The predicted octanol–water partition coefficient (Wildman–Crippen LogP) is 3.29. The first-order valence-electron chi connectivity index (χ1n) is 9.29. The van der Waals surface area contributed by atoms with Gasteiger partial charge in [-0.3, -0.25) is 0 Å². The zero-order valence-corrected chi connectivity index (χ0v) is 15.6. The number of amides is 2. The normalized spacial score (nSPS) is 21.3. The number of nitrogens with one attached hydrogen (secondary N) is 1. The number of urea groups is 1. The third-order valence-corrected chi connectivity index (χ3v) is 5.37. The van der Waals surface area contributed by atoms with Gasteiger partial charge < -0.3 is 19.7 Å². The van der Waals surface area contributed by atoms with Crippen LogP contribution in [0.5, 0.6) is 0 Å². The van der Waals surface area contributed by atoms with Crippen LogP contribution in [0.1, 0.15) is 45.6 Å². The minimum atomic E-state index is -0.433. The first kappa shape index (κ1) is 18.2. The molecule has 2 amide bonds. The molecule has 2 heterocycles. The highest BCUT2D eigenvalue weighted by atomic mass is 16.7. The molecule has 1 atom stereocenters. The van der Waals surface area contributed by atoms with E-state index in [1.54, 1.807) is 0 Å². The van der Waals surface area contributed by atoms with E-state index < -0.39 is 5.79 Å². The molecule has 1 aromatic carbocycles. The molecule has 3 rings (SSSR count). The Bertz CT molecular complexity index is 572. The molecule has 0 saturated carbocycles. The SMILES string of the molecule is CC(CC(C)(C)c1ccccc1)NC(=O)N1CCC2(CC1)OCCO2. The summed E-state index contributed by atoms with van der Waals surface area (Å²) < 4.78 is 11.4. The van der Waals surface area contributed by atoms with Crippen molar-refractivity contribution in [2.75, 3.05) is 26.3 Å². The lowest BCUT2D eigenvalue weighted by molar-refractivity contribution is -0.181. The lowest BCUT2D eigenvalue weighted by Crippen LogP contribution is -2.52. The maximum absolute atomic E-state index is 12.6. The van der Waals surface area contributed by atoms with Gasteiger partial charge in [-0.25, -0.2) is 4.79 Å². The van der Waals surface area contributed by atoms with Crippen molar-refractivity contribution in [1.82, 2.24) is 10.2 Å². The number of ether oxygens (including phenoxy) is 2. The Hall–Kier alpha value is -1.59. The molecule has 0 aromatic heterocycles. The molecule has 138 valence electrons. The largest absolute Gasteiger partial charge is 0.347 e. The Labute approximate surface area is 150 Å². The zero-order chi connectivity index (χ0) is 17.9. The van der Waals surface area contributed by atoms with Crippen LogP contribution in [-0.4, -0.2) is 49.1 Å². The molecule has 0 aliphatic carbocycles. The van der Waals surface area contributed by atoms with Crippen molar-refractivity contribution in [2.24, 2.45) is 0 Å². The fraction of sp³-hybridized carbons (Fsp3) is 0.650. The molecular weight excluding hydrogens is 316 g/mol. The number of carbonyl (C=O) groups is 1. The second-order valence-corrected chi connectivity index (χ2v) is 7.90. The van der Waals surface area contributed by atoms with Gasteiger partial charge in [-0.1, -0.05) is 44.2 Å². The highest BCUT2D eigenvalue weighted by Crippen LogP contribution is 2.31. The van der Waals surface area contributed by atoms with Gasteiger partial charge in [-0.2, -0.15) is 0 Å². The molecule has 1 aromatic rings. The van der Waals surface area contributed by atoms with Crippen LogP contribution in [0.15, 0.2) is 30.3 Å². The van der Waals surface area contributed by atoms with Crippen molar-refractivity contribution in [3.05, 3.63) is 35.9 Å². The van der Waals surface area contributed by atoms with E-state index in [4.69, 9.17) is 9.47 Å². The molecule has 0 bridgehead atoms. The van der Waals surface area contributed by atoms with Crippen LogP contribution in [0, 0.1) is 0 Å². The van der Waals surface area contributed by atoms with Crippen LogP contribution in [0.4, 0.5) is 4.79 Å². The summed E-state index contributed by atoms with van der Waals surface area (Å²) in [6.45, 7) is 9.23. The van der Waals surface area contributed by atoms with Crippen LogP contribution in [0.3, 0.4) is 0 Å². The minimum Gasteiger partial charge on any atom is -0.347 e. The van der Waals surface area contributed by atoms with Crippen molar-refractivity contribution < 1.29 is 14.3 Å². The van der Waals surface area contributed by atoms with E-state index in [9.17, 15) is 4.79 Å². The second-order valence-electron chi connectivity index (χ2n) is 7.90. The number of likely N-dealkylation sites (tertiary alicyclic amines) is 1. The highest BCUT2D eigenvalue weighted by molar-refractivity contribution is 5.74. The summed E-state index contributed by atoms with van der Waals surface area (Å²) in [7, 11) is 0. The van der Waals surface area contributed by atoms with Gasteiger partial charge in [-0.15, -0.1) is 0 Å². The van der Waals surface area contributed by atoms with E-state index in [0.717, 1.165) is 19.3 Å². The number of rotatable bonds is 4. The summed E-state index contributed by atoms with van der Waals surface area (Å²) in [5.41, 5.74) is 1.32. The standard InChI is InChI=1S/C20H30N2O3/c1-16(15-19(2,3)17-7-5-4-6-8-17)21-18(23)22-11-9-20(10-12-22)24-13-14-25-20/h4-8,16H,9-15H2,1-3H3,(H,21,23). The maximum Gasteiger partial charge on any atom is 0.317 e. The lowest BCUT2D eigenvalue weighted by atomic mass is 9.79. The van der Waals surface area contributed by atoms with Gasteiger partial charge in [0.2, 0.25) is 0 Å². The summed E-state index contributed by atoms with van der Waals surface area (Å²) in [5, 5.41) is 3.16. The van der Waals surface area contributed by atoms with Crippen LogP contribution in [-0.2, 0) is 14.9 Å². The van der Waals surface area contributed by atoms with Gasteiger partial charge in [0.15, 0.2) is 5.79 Å². The van der Waals surface area contributed by atoms with Crippen molar-refractivity contribution in [3.8, 4) is 0 Å². The number of hydrogen-bond acceptors (Lipinski definition) is 3. The summed E-state index contributed by atoms with van der Waals surface area (Å²) in [5.74, 6) is -0.433. The molecule has 1 unspecified atom stereocenters. The van der Waals surface area contributed by atoms with Crippen LogP contribution >= 0.6 is 0 Å². The minimum absolute atomic E-state index is 0.0178. The topological polar surface area (TPSA) is 50.8 Å². The van der Waals surface area contributed by atoms with Crippen molar-refractivity contribution in [2.45, 2.75) is 57.3 Å². The predicted molar refractivity (Wildman–Crippen MR) is 97.5 cm³/mol. The maximum atomic E-state index is 12.6. The van der Waals surface area contributed by atoms with Crippen molar-refractivity contribution in [1.29, 1.82) is 0 Å². The molecule has 1 N–H and O–H groups in total. The average molecular weight is 346 g/mol. The lowest BCUT2D eigenvalue weighted by Gasteiger charge is -2.38. The van der Waals surface area contributed by atoms with Crippen LogP contribution in [0.2, 0.25) is 0 Å². The molecule has 5 heteroatoms. The van der Waals surface area contributed by atoms with Gasteiger partial charge in [0.1, 0.15) is 0 Å². The second kappa shape index (κ2) is 7.34. The van der Waals surface area contributed by atoms with Gasteiger partial charge in [-0.05, 0) is 24.3 Å². The highest BCUT2D eigenvalue weighted by Gasteiger charge is 2.41. The average Bonchev–Trinajstić information content (AvgIpc) is 3.03. The molecule has 1 spiro atoms. The van der Waals surface area contributed by atoms with E-state index in [-0.39, 0.29) is 17.5 Å². The number of hydrogen-bond donors (Lipinski definition) is 1. The number of benzene rings is 1. The van der Waals surface area contributed by atoms with E-state index >= 15 is 0 Å².